The van der Waals surface area contributed by atoms with Crippen molar-refractivity contribution >= 4 is 33.4 Å². The maximum atomic E-state index is 13.4. The summed E-state index contributed by atoms with van der Waals surface area (Å²) >= 11 is 9.25. The van der Waals surface area contributed by atoms with E-state index in [1.54, 1.807) is 36.4 Å². The van der Waals surface area contributed by atoms with E-state index in [-0.39, 0.29) is 24.9 Å². The molecule has 1 N–H and O–H groups in total. The highest BCUT2D eigenvalue weighted by Crippen LogP contribution is 2.27. The van der Waals surface area contributed by atoms with E-state index in [1.165, 1.54) is 6.07 Å². The van der Waals surface area contributed by atoms with Crippen molar-refractivity contribution in [3.05, 3.63) is 63.3 Å². The highest BCUT2D eigenvalue weighted by molar-refractivity contribution is 9.10. The van der Waals surface area contributed by atoms with Gasteiger partial charge in [-0.25, -0.2) is 4.39 Å². The van der Waals surface area contributed by atoms with E-state index in [0.717, 1.165) is 4.47 Å². The minimum Gasteiger partial charge on any atom is -0.482 e. The number of carbonyl (C=O) groups is 1. The SMILES string of the molecule is O=C(COc1ccc(Br)cc1Cl)NCc1ccccc1F. The minimum atomic E-state index is -0.352. The van der Waals surface area contributed by atoms with Crippen LogP contribution in [0.15, 0.2) is 46.9 Å². The number of nitrogens with one attached hydrogen (secondary N) is 1. The van der Waals surface area contributed by atoms with E-state index in [9.17, 15) is 9.18 Å². The van der Waals surface area contributed by atoms with Crippen LogP contribution < -0.4 is 10.1 Å². The Hall–Kier alpha value is -1.59. The Labute approximate surface area is 135 Å². The van der Waals surface area contributed by atoms with Crippen LogP contribution in [0, 0.1) is 5.82 Å². The summed E-state index contributed by atoms with van der Waals surface area (Å²) in [4.78, 5) is 11.7. The van der Waals surface area contributed by atoms with Gasteiger partial charge in [-0.2, -0.15) is 0 Å². The summed E-state index contributed by atoms with van der Waals surface area (Å²) in [5.41, 5.74) is 0.424. The molecule has 0 bridgehead atoms. The first-order chi connectivity index (χ1) is 10.1. The Morgan fingerprint density at radius 3 is 2.76 bits per heavy atom. The Bertz CT molecular complexity index is 651. The van der Waals surface area contributed by atoms with Crippen LogP contribution >= 0.6 is 27.5 Å². The first-order valence-electron chi connectivity index (χ1n) is 6.14. The van der Waals surface area contributed by atoms with E-state index in [1.807, 2.05) is 0 Å². The molecule has 2 rings (SSSR count). The summed E-state index contributed by atoms with van der Waals surface area (Å²) in [7, 11) is 0. The van der Waals surface area contributed by atoms with Crippen molar-refractivity contribution in [3.8, 4) is 5.75 Å². The van der Waals surface area contributed by atoms with Crippen molar-refractivity contribution in [1.29, 1.82) is 0 Å². The molecule has 21 heavy (non-hydrogen) atoms. The number of amides is 1. The van der Waals surface area contributed by atoms with Gasteiger partial charge in [0.1, 0.15) is 11.6 Å². The fourth-order valence-electron chi connectivity index (χ4n) is 1.62. The Balaban J connectivity index is 1.84. The summed E-state index contributed by atoms with van der Waals surface area (Å²) in [5.74, 6) is -0.284. The molecule has 6 heteroatoms. The molecule has 0 saturated carbocycles. The van der Waals surface area contributed by atoms with E-state index in [2.05, 4.69) is 21.2 Å². The zero-order valence-electron chi connectivity index (χ0n) is 10.9. The number of benzene rings is 2. The number of halogens is 3. The van der Waals surface area contributed by atoms with E-state index in [0.29, 0.717) is 16.3 Å². The van der Waals surface area contributed by atoms with Gasteiger partial charge in [-0.1, -0.05) is 45.7 Å². The third-order valence-electron chi connectivity index (χ3n) is 2.69. The topological polar surface area (TPSA) is 38.3 Å². The lowest BCUT2D eigenvalue weighted by Gasteiger charge is -2.09. The van der Waals surface area contributed by atoms with Crippen LogP contribution in [-0.4, -0.2) is 12.5 Å². The average molecular weight is 373 g/mol. The van der Waals surface area contributed by atoms with Crippen LogP contribution in [0.1, 0.15) is 5.56 Å². The lowest BCUT2D eigenvalue weighted by atomic mass is 10.2. The van der Waals surface area contributed by atoms with Crippen molar-refractivity contribution < 1.29 is 13.9 Å². The van der Waals surface area contributed by atoms with Gasteiger partial charge in [-0.3, -0.25) is 4.79 Å². The van der Waals surface area contributed by atoms with Crippen LogP contribution in [0.3, 0.4) is 0 Å². The van der Waals surface area contributed by atoms with Gasteiger partial charge in [-0.15, -0.1) is 0 Å². The molecule has 0 aromatic heterocycles. The molecule has 0 fully saturated rings. The Kier molecular flexibility index (Phi) is 5.59. The van der Waals surface area contributed by atoms with Crippen LogP contribution in [-0.2, 0) is 11.3 Å². The predicted octanol–water partition coefficient (Wildman–Crippen LogP) is 3.94. The third kappa shape index (κ3) is 4.72. The lowest BCUT2D eigenvalue weighted by Crippen LogP contribution is -2.28. The largest absolute Gasteiger partial charge is 0.482 e. The average Bonchev–Trinajstić information content (AvgIpc) is 2.45. The smallest absolute Gasteiger partial charge is 0.258 e. The zero-order chi connectivity index (χ0) is 15.2. The summed E-state index contributed by atoms with van der Waals surface area (Å²) < 4.78 is 19.5. The van der Waals surface area contributed by atoms with Gasteiger partial charge < -0.3 is 10.1 Å². The number of rotatable bonds is 5. The second kappa shape index (κ2) is 7.43. The maximum Gasteiger partial charge on any atom is 0.258 e. The molecule has 2 aromatic carbocycles. The van der Waals surface area contributed by atoms with Crippen molar-refractivity contribution in [2.75, 3.05) is 6.61 Å². The molecule has 0 atom stereocenters. The van der Waals surface area contributed by atoms with Crippen LogP contribution in [0.4, 0.5) is 4.39 Å². The Morgan fingerprint density at radius 2 is 2.05 bits per heavy atom. The minimum absolute atomic E-state index is 0.114. The molecule has 0 aliphatic heterocycles. The van der Waals surface area contributed by atoms with Crippen molar-refractivity contribution in [3.63, 3.8) is 0 Å². The standard InChI is InChI=1S/C15H12BrClFNO2/c16-11-5-6-14(12(17)7-11)21-9-15(20)19-8-10-3-1-2-4-13(10)18/h1-7H,8-9H2,(H,19,20). The second-order valence-electron chi connectivity index (χ2n) is 4.23. The molecule has 0 aliphatic rings. The van der Waals surface area contributed by atoms with Crippen molar-refractivity contribution in [1.82, 2.24) is 5.32 Å². The van der Waals surface area contributed by atoms with Gasteiger partial charge in [0, 0.05) is 16.6 Å². The molecule has 0 heterocycles. The monoisotopic (exact) mass is 371 g/mol. The molecular formula is C15H12BrClFNO2. The first kappa shape index (κ1) is 15.8. The summed E-state index contributed by atoms with van der Waals surface area (Å²) in [6.45, 7) is -0.0707. The van der Waals surface area contributed by atoms with Crippen LogP contribution in [0.2, 0.25) is 5.02 Å². The summed E-state index contributed by atoms with van der Waals surface area (Å²) in [5, 5.41) is 2.99. The zero-order valence-corrected chi connectivity index (χ0v) is 13.2. The Morgan fingerprint density at radius 1 is 1.29 bits per heavy atom. The molecule has 1 amide bonds. The third-order valence-corrected chi connectivity index (χ3v) is 3.48. The lowest BCUT2D eigenvalue weighted by molar-refractivity contribution is -0.123. The molecular weight excluding hydrogens is 361 g/mol. The first-order valence-corrected chi connectivity index (χ1v) is 7.31. The number of hydrogen-bond acceptors (Lipinski definition) is 2. The van der Waals surface area contributed by atoms with E-state index in [4.69, 9.17) is 16.3 Å². The fraction of sp³-hybridized carbons (Fsp3) is 0.133. The molecule has 2 aromatic rings. The van der Waals surface area contributed by atoms with Gasteiger partial charge in [0.25, 0.3) is 5.91 Å². The summed E-state index contributed by atoms with van der Waals surface area (Å²) in [6.07, 6.45) is 0. The summed E-state index contributed by atoms with van der Waals surface area (Å²) in [6, 6.07) is 11.4. The molecule has 0 spiro atoms. The molecule has 0 radical (unpaired) electrons. The van der Waals surface area contributed by atoms with Crippen LogP contribution in [0.25, 0.3) is 0 Å². The van der Waals surface area contributed by atoms with Gasteiger partial charge in [0.05, 0.1) is 5.02 Å². The van der Waals surface area contributed by atoms with E-state index < -0.39 is 0 Å². The maximum absolute atomic E-state index is 13.4. The van der Waals surface area contributed by atoms with Crippen molar-refractivity contribution in [2.45, 2.75) is 6.54 Å². The molecule has 3 nitrogen and oxygen atoms in total. The molecule has 0 aliphatic carbocycles. The normalized spacial score (nSPS) is 10.2. The highest BCUT2D eigenvalue weighted by atomic mass is 79.9. The number of ether oxygens (including phenoxy) is 1. The predicted molar refractivity (Wildman–Crippen MR) is 82.9 cm³/mol. The fourth-order valence-corrected chi connectivity index (χ4v) is 2.35. The van der Waals surface area contributed by atoms with Gasteiger partial charge >= 0.3 is 0 Å². The molecule has 0 unspecified atom stereocenters. The molecule has 0 saturated heterocycles. The van der Waals surface area contributed by atoms with Gasteiger partial charge in [-0.05, 0) is 24.3 Å². The highest BCUT2D eigenvalue weighted by Gasteiger charge is 2.07. The molecule has 110 valence electrons. The van der Waals surface area contributed by atoms with E-state index >= 15 is 0 Å². The van der Waals surface area contributed by atoms with Gasteiger partial charge in [0.15, 0.2) is 6.61 Å². The second-order valence-corrected chi connectivity index (χ2v) is 5.55. The van der Waals surface area contributed by atoms with Crippen LogP contribution in [0.5, 0.6) is 5.75 Å². The van der Waals surface area contributed by atoms with Crippen molar-refractivity contribution in [2.24, 2.45) is 0 Å². The number of hydrogen-bond donors (Lipinski definition) is 1. The quantitative estimate of drug-likeness (QED) is 0.863. The number of carbonyl (C=O) groups excluding carboxylic acids is 1. The van der Waals surface area contributed by atoms with Gasteiger partial charge in [0.2, 0.25) is 0 Å².